The van der Waals surface area contributed by atoms with Gasteiger partial charge in [-0.3, -0.25) is 0 Å². The zero-order chi connectivity index (χ0) is 7.56. The van der Waals surface area contributed by atoms with Crippen molar-refractivity contribution in [2.24, 2.45) is 5.92 Å². The van der Waals surface area contributed by atoms with Crippen molar-refractivity contribution in [3.8, 4) is 0 Å². The van der Waals surface area contributed by atoms with Gasteiger partial charge in [-0.05, 0) is 25.2 Å². The standard InChI is InChI=1S/C8H13BrO/c1-2-6-3-4-8(10)7(9)5-6/h2,6-8,10H,1,3-5H2. The fourth-order valence-electron chi connectivity index (χ4n) is 1.34. The first-order valence-corrected chi connectivity index (χ1v) is 4.60. The number of hydrogen-bond donors (Lipinski definition) is 1. The zero-order valence-corrected chi connectivity index (χ0v) is 7.55. The van der Waals surface area contributed by atoms with Crippen LogP contribution in [0.5, 0.6) is 0 Å². The third kappa shape index (κ3) is 1.83. The van der Waals surface area contributed by atoms with Crippen molar-refractivity contribution >= 4 is 15.9 Å². The van der Waals surface area contributed by atoms with Gasteiger partial charge in [-0.2, -0.15) is 0 Å². The van der Waals surface area contributed by atoms with Crippen LogP contribution in [0, 0.1) is 5.92 Å². The van der Waals surface area contributed by atoms with E-state index in [0.717, 1.165) is 19.3 Å². The molecule has 1 aliphatic carbocycles. The zero-order valence-electron chi connectivity index (χ0n) is 5.96. The van der Waals surface area contributed by atoms with Gasteiger partial charge in [-0.1, -0.05) is 22.0 Å². The Morgan fingerprint density at radius 2 is 2.20 bits per heavy atom. The van der Waals surface area contributed by atoms with E-state index in [1.165, 1.54) is 0 Å². The van der Waals surface area contributed by atoms with Crippen LogP contribution < -0.4 is 0 Å². The Kier molecular flexibility index (Phi) is 2.93. The molecule has 0 heterocycles. The molecule has 1 N–H and O–H groups in total. The number of allylic oxidation sites excluding steroid dienone is 1. The van der Waals surface area contributed by atoms with Crippen molar-refractivity contribution in [3.63, 3.8) is 0 Å². The Balaban J connectivity index is 2.40. The molecule has 0 amide bonds. The van der Waals surface area contributed by atoms with Crippen LogP contribution in [-0.4, -0.2) is 16.0 Å². The Bertz CT molecular complexity index is 124. The molecule has 1 nitrogen and oxygen atoms in total. The monoisotopic (exact) mass is 204 g/mol. The highest BCUT2D eigenvalue weighted by atomic mass is 79.9. The minimum atomic E-state index is -0.142. The molecule has 0 aromatic heterocycles. The lowest BCUT2D eigenvalue weighted by atomic mass is 9.88. The van der Waals surface area contributed by atoms with Gasteiger partial charge in [-0.25, -0.2) is 0 Å². The van der Waals surface area contributed by atoms with Crippen LogP contribution in [0.25, 0.3) is 0 Å². The van der Waals surface area contributed by atoms with Gasteiger partial charge in [0.25, 0.3) is 0 Å². The lowest BCUT2D eigenvalue weighted by molar-refractivity contribution is 0.127. The van der Waals surface area contributed by atoms with Crippen LogP contribution in [0.1, 0.15) is 19.3 Å². The van der Waals surface area contributed by atoms with E-state index in [0.29, 0.717) is 5.92 Å². The predicted octanol–water partition coefficient (Wildman–Crippen LogP) is 2.10. The quantitative estimate of drug-likeness (QED) is 0.513. The molecule has 10 heavy (non-hydrogen) atoms. The number of hydrogen-bond acceptors (Lipinski definition) is 1. The molecule has 3 unspecified atom stereocenters. The molecule has 58 valence electrons. The molecule has 0 radical (unpaired) electrons. The third-order valence-corrected chi connectivity index (χ3v) is 3.10. The normalized spacial score (nSPS) is 41.2. The maximum atomic E-state index is 9.31. The lowest BCUT2D eigenvalue weighted by Crippen LogP contribution is -2.28. The van der Waals surface area contributed by atoms with Crippen molar-refractivity contribution < 1.29 is 5.11 Å². The minimum absolute atomic E-state index is 0.142. The van der Waals surface area contributed by atoms with E-state index in [4.69, 9.17) is 0 Å². The summed E-state index contributed by atoms with van der Waals surface area (Å²) >= 11 is 3.44. The summed E-state index contributed by atoms with van der Waals surface area (Å²) in [6, 6.07) is 0. The molecule has 0 aromatic rings. The first kappa shape index (κ1) is 8.28. The van der Waals surface area contributed by atoms with E-state index < -0.39 is 0 Å². The van der Waals surface area contributed by atoms with E-state index in [1.807, 2.05) is 6.08 Å². The molecular formula is C8H13BrO. The summed E-state index contributed by atoms with van der Waals surface area (Å²) in [5.41, 5.74) is 0. The summed E-state index contributed by atoms with van der Waals surface area (Å²) in [6.45, 7) is 3.74. The predicted molar refractivity (Wildman–Crippen MR) is 46.3 cm³/mol. The van der Waals surface area contributed by atoms with E-state index in [-0.39, 0.29) is 10.9 Å². The van der Waals surface area contributed by atoms with Gasteiger partial charge in [0, 0.05) is 4.83 Å². The van der Waals surface area contributed by atoms with Gasteiger partial charge in [0.1, 0.15) is 0 Å². The summed E-state index contributed by atoms with van der Waals surface area (Å²) in [4.78, 5) is 0.282. The molecule has 1 aliphatic rings. The van der Waals surface area contributed by atoms with E-state index in [2.05, 4.69) is 22.5 Å². The maximum Gasteiger partial charge on any atom is 0.0665 e. The Labute approximate surface area is 70.3 Å². The second kappa shape index (κ2) is 3.54. The van der Waals surface area contributed by atoms with Gasteiger partial charge in [0.05, 0.1) is 6.10 Å². The fraction of sp³-hybridized carbons (Fsp3) is 0.750. The number of halogens is 1. The summed E-state index contributed by atoms with van der Waals surface area (Å²) in [7, 11) is 0. The Morgan fingerprint density at radius 3 is 2.70 bits per heavy atom. The van der Waals surface area contributed by atoms with Crippen molar-refractivity contribution in [3.05, 3.63) is 12.7 Å². The van der Waals surface area contributed by atoms with Gasteiger partial charge in [0.15, 0.2) is 0 Å². The van der Waals surface area contributed by atoms with Crippen LogP contribution in [0.2, 0.25) is 0 Å². The third-order valence-electron chi connectivity index (χ3n) is 2.11. The van der Waals surface area contributed by atoms with Gasteiger partial charge >= 0.3 is 0 Å². The molecule has 1 rings (SSSR count). The smallest absolute Gasteiger partial charge is 0.0665 e. The first-order chi connectivity index (χ1) is 4.74. The van der Waals surface area contributed by atoms with E-state index in [1.54, 1.807) is 0 Å². The molecular weight excluding hydrogens is 192 g/mol. The van der Waals surface area contributed by atoms with Crippen LogP contribution >= 0.6 is 15.9 Å². The number of alkyl halides is 1. The van der Waals surface area contributed by atoms with Gasteiger partial charge < -0.3 is 5.11 Å². The molecule has 2 heteroatoms. The number of aliphatic hydroxyl groups excluding tert-OH is 1. The molecule has 1 fully saturated rings. The molecule has 0 spiro atoms. The topological polar surface area (TPSA) is 20.2 Å². The highest BCUT2D eigenvalue weighted by Crippen LogP contribution is 2.29. The van der Waals surface area contributed by atoms with Crippen LogP contribution in [-0.2, 0) is 0 Å². The van der Waals surface area contributed by atoms with Crippen molar-refractivity contribution in [1.82, 2.24) is 0 Å². The van der Waals surface area contributed by atoms with Crippen LogP contribution in [0.4, 0.5) is 0 Å². The SMILES string of the molecule is C=CC1CCC(O)C(Br)C1. The molecule has 1 saturated carbocycles. The van der Waals surface area contributed by atoms with E-state index in [9.17, 15) is 5.11 Å². The second-order valence-corrected chi connectivity index (χ2v) is 4.07. The Hall–Kier alpha value is 0.180. The van der Waals surface area contributed by atoms with Gasteiger partial charge in [0.2, 0.25) is 0 Å². The second-order valence-electron chi connectivity index (χ2n) is 2.89. The highest BCUT2D eigenvalue weighted by Gasteiger charge is 2.24. The highest BCUT2D eigenvalue weighted by molar-refractivity contribution is 9.09. The number of aliphatic hydroxyl groups is 1. The summed E-state index contributed by atoms with van der Waals surface area (Å²) in [5, 5.41) is 9.31. The Morgan fingerprint density at radius 1 is 1.50 bits per heavy atom. The van der Waals surface area contributed by atoms with Crippen molar-refractivity contribution in [2.75, 3.05) is 0 Å². The summed E-state index contributed by atoms with van der Waals surface area (Å²) < 4.78 is 0. The minimum Gasteiger partial charge on any atom is -0.392 e. The summed E-state index contributed by atoms with van der Waals surface area (Å²) in [5.74, 6) is 0.604. The molecule has 0 bridgehead atoms. The summed E-state index contributed by atoms with van der Waals surface area (Å²) in [6.07, 6.45) is 4.88. The van der Waals surface area contributed by atoms with Crippen LogP contribution in [0.3, 0.4) is 0 Å². The largest absolute Gasteiger partial charge is 0.392 e. The first-order valence-electron chi connectivity index (χ1n) is 3.68. The lowest BCUT2D eigenvalue weighted by Gasteiger charge is -2.27. The molecule has 0 aromatic carbocycles. The fourth-order valence-corrected chi connectivity index (χ4v) is 2.09. The van der Waals surface area contributed by atoms with E-state index >= 15 is 0 Å². The molecule has 3 atom stereocenters. The maximum absolute atomic E-state index is 9.31. The van der Waals surface area contributed by atoms with Crippen molar-refractivity contribution in [1.29, 1.82) is 0 Å². The van der Waals surface area contributed by atoms with Crippen LogP contribution in [0.15, 0.2) is 12.7 Å². The average molecular weight is 205 g/mol. The molecule has 0 saturated heterocycles. The molecule has 0 aliphatic heterocycles. The van der Waals surface area contributed by atoms with Crippen molar-refractivity contribution in [2.45, 2.75) is 30.2 Å². The average Bonchev–Trinajstić information content (AvgIpc) is 1.95. The van der Waals surface area contributed by atoms with Gasteiger partial charge in [-0.15, -0.1) is 6.58 Å². The number of rotatable bonds is 1.